The Morgan fingerprint density at radius 1 is 1.04 bits per heavy atom. The summed E-state index contributed by atoms with van der Waals surface area (Å²) in [4.78, 5) is 17.9. The summed E-state index contributed by atoms with van der Waals surface area (Å²) in [5, 5.41) is 1.27. The van der Waals surface area contributed by atoms with Gasteiger partial charge in [-0.3, -0.25) is 9.88 Å². The summed E-state index contributed by atoms with van der Waals surface area (Å²) in [5.74, 6) is 2.67. The molecule has 3 fully saturated rings. The van der Waals surface area contributed by atoms with Crippen LogP contribution in [0.3, 0.4) is 0 Å². The Morgan fingerprint density at radius 3 is 2.43 bits per heavy atom. The van der Waals surface area contributed by atoms with Gasteiger partial charge in [-0.15, -0.1) is 5.54 Å². The van der Waals surface area contributed by atoms with Crippen LogP contribution < -0.4 is 14.4 Å². The van der Waals surface area contributed by atoms with E-state index in [0.717, 1.165) is 19.4 Å². The molecule has 2 aromatic carbocycles. The molecule has 13 heteroatoms. The first-order valence-electron chi connectivity index (χ1n) is 19.9. The lowest BCUT2D eigenvalue weighted by atomic mass is 9.95. The first-order chi connectivity index (χ1) is 26.7. The van der Waals surface area contributed by atoms with Crippen molar-refractivity contribution in [3.63, 3.8) is 0 Å². The van der Waals surface area contributed by atoms with Gasteiger partial charge >= 0.3 is 6.01 Å². The summed E-state index contributed by atoms with van der Waals surface area (Å²) in [6.07, 6.45) is 1.85. The maximum absolute atomic E-state index is 17.5. The third-order valence-corrected chi connectivity index (χ3v) is 18.8. The highest BCUT2D eigenvalue weighted by Crippen LogP contribution is 2.44. The van der Waals surface area contributed by atoms with Crippen LogP contribution in [0.5, 0.6) is 11.8 Å². The van der Waals surface area contributed by atoms with Crippen molar-refractivity contribution in [3.8, 4) is 34.5 Å². The van der Waals surface area contributed by atoms with Crippen LogP contribution in [-0.2, 0) is 4.74 Å². The third-order valence-electron chi connectivity index (χ3n) is 12.5. The molecule has 8 nitrogen and oxygen atoms in total. The molecule has 1 saturated carbocycles. The Bertz CT molecular complexity index is 2160. The summed E-state index contributed by atoms with van der Waals surface area (Å²) >= 11 is 0. The van der Waals surface area contributed by atoms with E-state index in [9.17, 15) is 8.78 Å². The molecule has 4 aromatic rings. The highest BCUT2D eigenvalue weighted by Gasteiger charge is 2.50. The lowest BCUT2D eigenvalue weighted by Crippen LogP contribution is -2.43. The molecule has 0 unspecified atom stereocenters. The number of halogens is 4. The SMILES string of the molecule is CCN(c1nc(OC[C@@]23CCCN2C[C@H](F)C3)nc2c(F)c(-c3cc(OCOC)cc4ccc(F)c(C#C[Si](C(C)C)(C(C)C)C(C)C)c34)ncc12)[C@@H]1C[C@H]1F. The summed E-state index contributed by atoms with van der Waals surface area (Å²) in [7, 11) is -0.805. The van der Waals surface area contributed by atoms with Gasteiger partial charge < -0.3 is 19.1 Å². The van der Waals surface area contributed by atoms with Gasteiger partial charge in [-0.05, 0) is 66.5 Å². The van der Waals surface area contributed by atoms with E-state index >= 15 is 8.78 Å². The predicted octanol–water partition coefficient (Wildman–Crippen LogP) is 9.57. The van der Waals surface area contributed by atoms with Crippen LogP contribution in [0.1, 0.15) is 79.7 Å². The molecule has 4 heterocycles. The normalized spacial score (nSPS) is 22.3. The lowest BCUT2D eigenvalue weighted by Gasteiger charge is -2.38. The molecule has 1 aliphatic carbocycles. The third kappa shape index (κ3) is 7.11. The standard InChI is InChI=1S/C43H53F4N5O3Si/c1-9-52(36-19-35(36)46)41-33-21-48-39(38(47)40(33)49-42(50-41)54-23-43-14-10-15-51(43)22-29(44)20-43)32-18-30(55-24-53-8)17-28-11-12-34(45)31(37(28)32)13-16-56(25(2)3,26(4)5)27(6)7/h11-12,17-18,21,25-27,29,35-36H,9-10,14-15,19-20,22-24H2,1-8H3/t29-,35-,36-,43+/m1/s1. The molecule has 2 saturated heterocycles. The zero-order valence-electron chi connectivity index (χ0n) is 33.7. The highest BCUT2D eigenvalue weighted by atomic mass is 28.3. The minimum atomic E-state index is -2.30. The van der Waals surface area contributed by atoms with E-state index in [2.05, 4.69) is 67.9 Å². The van der Waals surface area contributed by atoms with Crippen LogP contribution in [-0.4, -0.2) is 92.0 Å². The second kappa shape index (κ2) is 15.7. The van der Waals surface area contributed by atoms with Crippen molar-refractivity contribution in [1.29, 1.82) is 0 Å². The number of ether oxygens (including phenoxy) is 3. The molecule has 0 bridgehead atoms. The van der Waals surface area contributed by atoms with Crippen LogP contribution in [0.4, 0.5) is 23.4 Å². The summed E-state index contributed by atoms with van der Waals surface area (Å²) in [6.45, 7) is 16.7. The number of fused-ring (bicyclic) bond motifs is 3. The zero-order valence-corrected chi connectivity index (χ0v) is 34.7. The summed E-state index contributed by atoms with van der Waals surface area (Å²) in [5.41, 5.74) is 4.33. The molecule has 0 radical (unpaired) electrons. The van der Waals surface area contributed by atoms with Crippen LogP contribution in [0, 0.1) is 23.1 Å². The van der Waals surface area contributed by atoms with Crippen molar-refractivity contribution >= 4 is 35.6 Å². The van der Waals surface area contributed by atoms with E-state index in [4.69, 9.17) is 19.2 Å². The first kappa shape index (κ1) is 40.2. The largest absolute Gasteiger partial charge is 0.468 e. The van der Waals surface area contributed by atoms with Gasteiger partial charge in [-0.25, -0.2) is 17.6 Å². The quantitative estimate of drug-likeness (QED) is 0.0574. The van der Waals surface area contributed by atoms with Gasteiger partial charge in [-0.2, -0.15) is 9.97 Å². The van der Waals surface area contributed by atoms with Crippen molar-refractivity contribution in [3.05, 3.63) is 47.7 Å². The number of aromatic nitrogens is 3. The molecular formula is C43H53F4N5O3Si. The second-order valence-electron chi connectivity index (χ2n) is 16.7. The number of hydrogen-bond donors (Lipinski definition) is 0. The van der Waals surface area contributed by atoms with Crippen molar-refractivity contribution in [2.75, 3.05) is 45.0 Å². The fourth-order valence-electron chi connectivity index (χ4n) is 9.69. The molecule has 0 N–H and O–H groups in total. The monoisotopic (exact) mass is 791 g/mol. The minimum Gasteiger partial charge on any atom is -0.468 e. The average molecular weight is 792 g/mol. The van der Waals surface area contributed by atoms with Gasteiger partial charge in [0, 0.05) is 50.2 Å². The zero-order chi connectivity index (χ0) is 40.1. The van der Waals surface area contributed by atoms with Crippen molar-refractivity contribution in [2.45, 2.75) is 115 Å². The summed E-state index contributed by atoms with van der Waals surface area (Å²) < 4.78 is 80.2. The van der Waals surface area contributed by atoms with Gasteiger partial charge in [0.2, 0.25) is 0 Å². The number of anilines is 1. The predicted molar refractivity (Wildman–Crippen MR) is 215 cm³/mol. The average Bonchev–Trinajstić information content (AvgIpc) is 3.61. The first-order valence-corrected chi connectivity index (χ1v) is 22.2. The fourth-order valence-corrected chi connectivity index (χ4v) is 14.9. The Hall–Kier alpha value is -3.99. The van der Waals surface area contributed by atoms with Crippen molar-refractivity contribution in [1.82, 2.24) is 19.9 Å². The van der Waals surface area contributed by atoms with Crippen molar-refractivity contribution in [2.24, 2.45) is 0 Å². The molecule has 4 atom stereocenters. The molecular weight excluding hydrogens is 739 g/mol. The smallest absolute Gasteiger partial charge is 0.319 e. The summed E-state index contributed by atoms with van der Waals surface area (Å²) in [6, 6.07) is 5.87. The van der Waals surface area contributed by atoms with E-state index in [0.29, 0.717) is 64.9 Å². The molecule has 2 aliphatic heterocycles. The van der Waals surface area contributed by atoms with Gasteiger partial charge in [-0.1, -0.05) is 53.5 Å². The van der Waals surface area contributed by atoms with Crippen molar-refractivity contribution < 1.29 is 31.8 Å². The molecule has 0 spiro atoms. The number of rotatable bonds is 13. The highest BCUT2D eigenvalue weighted by molar-refractivity contribution is 6.90. The van der Waals surface area contributed by atoms with E-state index in [-0.39, 0.29) is 47.1 Å². The van der Waals surface area contributed by atoms with Gasteiger partial charge in [0.15, 0.2) is 12.6 Å². The van der Waals surface area contributed by atoms with Gasteiger partial charge in [0.05, 0.1) is 22.5 Å². The Balaban J connectivity index is 1.43. The second-order valence-corrected chi connectivity index (χ2v) is 22.3. The maximum atomic E-state index is 17.5. The number of methoxy groups -OCH3 is 1. The molecule has 56 heavy (non-hydrogen) atoms. The Labute approximate surface area is 328 Å². The van der Waals surface area contributed by atoms with Crippen LogP contribution in [0.2, 0.25) is 16.6 Å². The minimum absolute atomic E-state index is 0.0688. The maximum Gasteiger partial charge on any atom is 0.319 e. The van der Waals surface area contributed by atoms with E-state index in [1.807, 2.05) is 6.92 Å². The van der Waals surface area contributed by atoms with Crippen LogP contribution in [0.15, 0.2) is 30.5 Å². The Kier molecular flexibility index (Phi) is 11.3. The van der Waals surface area contributed by atoms with E-state index in [1.54, 1.807) is 23.1 Å². The van der Waals surface area contributed by atoms with Crippen LogP contribution >= 0.6 is 0 Å². The van der Waals surface area contributed by atoms with Gasteiger partial charge in [0.25, 0.3) is 0 Å². The number of alkyl halides is 2. The molecule has 7 rings (SSSR count). The Morgan fingerprint density at radius 2 is 1.77 bits per heavy atom. The van der Waals surface area contributed by atoms with E-state index in [1.165, 1.54) is 19.4 Å². The van der Waals surface area contributed by atoms with Gasteiger partial charge in [0.1, 0.15) is 55.6 Å². The fraction of sp³-hybridized carbons (Fsp3) is 0.558. The topological polar surface area (TPSA) is 72.8 Å². The number of nitrogens with zero attached hydrogens (tertiary/aromatic N) is 5. The molecule has 0 amide bonds. The number of benzene rings is 2. The molecule has 3 aliphatic rings. The number of hydrogen-bond acceptors (Lipinski definition) is 8. The number of pyridine rings is 1. The van der Waals surface area contributed by atoms with Crippen LogP contribution in [0.25, 0.3) is 32.9 Å². The molecule has 300 valence electrons. The van der Waals surface area contributed by atoms with E-state index < -0.39 is 43.6 Å². The lowest BCUT2D eigenvalue weighted by molar-refractivity contribution is 0.0512. The molecule has 2 aromatic heterocycles.